The molecule has 0 radical (unpaired) electrons. The minimum Gasteiger partial charge on any atom is -0.267 e. The maximum Gasteiger partial charge on any atom is 0.271 e. The van der Waals surface area contributed by atoms with Crippen molar-refractivity contribution in [2.75, 3.05) is 0 Å². The smallest absolute Gasteiger partial charge is 0.267 e. The monoisotopic (exact) mass is 290 g/mol. The van der Waals surface area contributed by atoms with E-state index in [4.69, 9.17) is 0 Å². The van der Waals surface area contributed by atoms with E-state index in [1.165, 1.54) is 6.42 Å². The molecule has 2 bridgehead atoms. The zero-order chi connectivity index (χ0) is 14.9. The van der Waals surface area contributed by atoms with Gasteiger partial charge in [-0.2, -0.15) is 5.10 Å². The van der Waals surface area contributed by atoms with Gasteiger partial charge < -0.3 is 0 Å². The molecule has 110 valence electrons. The van der Waals surface area contributed by atoms with E-state index in [0.717, 1.165) is 23.1 Å². The van der Waals surface area contributed by atoms with E-state index in [1.54, 1.807) is 0 Å². The summed E-state index contributed by atoms with van der Waals surface area (Å²) in [5.74, 6) is 1.66. The summed E-state index contributed by atoms with van der Waals surface area (Å²) in [6, 6.07) is 13.7. The van der Waals surface area contributed by atoms with Crippen LogP contribution in [0.15, 0.2) is 59.7 Å². The fourth-order valence-electron chi connectivity index (χ4n) is 3.67. The van der Waals surface area contributed by atoms with Crippen molar-refractivity contribution in [3.8, 4) is 0 Å². The fraction of sp³-hybridized carbons (Fsp3) is 0.263. The van der Waals surface area contributed by atoms with Crippen LogP contribution in [0, 0.1) is 17.8 Å². The van der Waals surface area contributed by atoms with Gasteiger partial charge >= 0.3 is 0 Å². The highest BCUT2D eigenvalue weighted by molar-refractivity contribution is 6.07. The van der Waals surface area contributed by atoms with Crippen molar-refractivity contribution in [2.45, 2.75) is 12.8 Å². The summed E-state index contributed by atoms with van der Waals surface area (Å²) in [6.45, 7) is 0. The Kier molecular flexibility index (Phi) is 3.26. The molecule has 0 aliphatic heterocycles. The molecule has 0 aromatic heterocycles. The van der Waals surface area contributed by atoms with Crippen LogP contribution < -0.4 is 5.43 Å². The Labute approximate surface area is 129 Å². The van der Waals surface area contributed by atoms with Gasteiger partial charge in [0.25, 0.3) is 5.91 Å². The number of hydrazone groups is 1. The fourth-order valence-corrected chi connectivity index (χ4v) is 3.67. The predicted octanol–water partition coefficient (Wildman–Crippen LogP) is 3.77. The summed E-state index contributed by atoms with van der Waals surface area (Å²) >= 11 is 0. The number of carbonyl (C=O) groups excluding carboxylic acids is 1. The lowest BCUT2D eigenvalue weighted by atomic mass is 9.95. The Morgan fingerprint density at radius 2 is 1.95 bits per heavy atom. The van der Waals surface area contributed by atoms with E-state index in [1.807, 2.05) is 48.7 Å². The minimum absolute atomic E-state index is 0.147. The number of fused-ring (bicyclic) bond motifs is 3. The van der Waals surface area contributed by atoms with Crippen LogP contribution in [-0.4, -0.2) is 12.1 Å². The van der Waals surface area contributed by atoms with E-state index >= 15 is 0 Å². The zero-order valence-corrected chi connectivity index (χ0v) is 12.3. The SMILES string of the molecule is O=C(NN=CC1CC2C=CC1C2)c1cccc2ccccc12. The first kappa shape index (κ1) is 13.3. The second kappa shape index (κ2) is 5.41. The molecule has 2 aliphatic carbocycles. The average molecular weight is 290 g/mol. The highest BCUT2D eigenvalue weighted by atomic mass is 16.2. The Morgan fingerprint density at radius 1 is 1.09 bits per heavy atom. The molecule has 2 aromatic rings. The standard InChI is InChI=1S/C19H18N2O/c22-19(18-7-3-5-14-4-1-2-6-17(14)18)21-20-12-16-11-13-8-9-15(16)10-13/h1-9,12-13,15-16H,10-11H2,(H,21,22). The van der Waals surface area contributed by atoms with Crippen LogP contribution in [-0.2, 0) is 0 Å². The largest absolute Gasteiger partial charge is 0.271 e. The molecule has 3 unspecified atom stereocenters. The molecule has 3 atom stereocenters. The lowest BCUT2D eigenvalue weighted by molar-refractivity contribution is 0.0956. The summed E-state index contributed by atoms with van der Waals surface area (Å²) in [5.41, 5.74) is 3.35. The number of carbonyl (C=O) groups is 1. The van der Waals surface area contributed by atoms with Gasteiger partial charge in [0, 0.05) is 17.7 Å². The van der Waals surface area contributed by atoms with Gasteiger partial charge in [0.2, 0.25) is 0 Å². The Bertz CT molecular complexity index is 773. The molecule has 3 heteroatoms. The molecule has 2 aromatic carbocycles. The molecule has 1 amide bonds. The van der Waals surface area contributed by atoms with E-state index < -0.39 is 0 Å². The van der Waals surface area contributed by atoms with Gasteiger partial charge in [-0.3, -0.25) is 4.79 Å². The molecule has 22 heavy (non-hydrogen) atoms. The number of amides is 1. The van der Waals surface area contributed by atoms with Crippen molar-refractivity contribution in [3.05, 3.63) is 60.2 Å². The first-order chi connectivity index (χ1) is 10.8. The number of hydrogen-bond donors (Lipinski definition) is 1. The molecule has 3 nitrogen and oxygen atoms in total. The van der Waals surface area contributed by atoms with E-state index in [2.05, 4.69) is 22.7 Å². The molecular weight excluding hydrogens is 272 g/mol. The Balaban J connectivity index is 1.49. The molecule has 1 N–H and O–H groups in total. The number of nitrogens with one attached hydrogen (secondary N) is 1. The summed E-state index contributed by atoms with van der Waals surface area (Å²) in [4.78, 5) is 12.4. The van der Waals surface area contributed by atoms with Gasteiger partial charge in [-0.1, -0.05) is 48.6 Å². The molecule has 0 spiro atoms. The van der Waals surface area contributed by atoms with Crippen LogP contribution in [0.2, 0.25) is 0 Å². The number of allylic oxidation sites excluding steroid dienone is 2. The van der Waals surface area contributed by atoms with Crippen molar-refractivity contribution >= 4 is 22.9 Å². The lowest BCUT2D eigenvalue weighted by Crippen LogP contribution is -2.19. The number of benzene rings is 2. The van der Waals surface area contributed by atoms with Crippen LogP contribution in [0.25, 0.3) is 10.8 Å². The first-order valence-corrected chi connectivity index (χ1v) is 7.81. The lowest BCUT2D eigenvalue weighted by Gasteiger charge is -2.12. The molecule has 0 heterocycles. The van der Waals surface area contributed by atoms with Crippen LogP contribution in [0.1, 0.15) is 23.2 Å². The topological polar surface area (TPSA) is 41.5 Å². The highest BCUT2D eigenvalue weighted by Crippen LogP contribution is 2.42. The predicted molar refractivity (Wildman–Crippen MR) is 88.8 cm³/mol. The van der Waals surface area contributed by atoms with E-state index in [-0.39, 0.29) is 5.91 Å². The van der Waals surface area contributed by atoms with Crippen LogP contribution >= 0.6 is 0 Å². The average Bonchev–Trinajstić information content (AvgIpc) is 3.17. The van der Waals surface area contributed by atoms with Crippen molar-refractivity contribution in [2.24, 2.45) is 22.9 Å². The third kappa shape index (κ3) is 2.33. The molecule has 1 saturated carbocycles. The van der Waals surface area contributed by atoms with Crippen molar-refractivity contribution < 1.29 is 4.79 Å². The molecule has 4 rings (SSSR count). The normalized spacial score (nSPS) is 26.1. The number of hydrogen-bond acceptors (Lipinski definition) is 2. The third-order valence-corrected chi connectivity index (χ3v) is 4.80. The molecule has 0 saturated heterocycles. The second-order valence-corrected chi connectivity index (χ2v) is 6.19. The molecule has 2 aliphatic rings. The highest BCUT2D eigenvalue weighted by Gasteiger charge is 2.34. The van der Waals surface area contributed by atoms with Crippen LogP contribution in [0.5, 0.6) is 0 Å². The molecule has 1 fully saturated rings. The third-order valence-electron chi connectivity index (χ3n) is 4.80. The van der Waals surface area contributed by atoms with E-state index in [0.29, 0.717) is 17.4 Å². The second-order valence-electron chi connectivity index (χ2n) is 6.19. The van der Waals surface area contributed by atoms with Crippen molar-refractivity contribution in [1.82, 2.24) is 5.43 Å². The summed E-state index contributed by atoms with van der Waals surface area (Å²) < 4.78 is 0. The Hall–Kier alpha value is -2.42. The van der Waals surface area contributed by atoms with Gasteiger partial charge in [-0.05, 0) is 41.5 Å². The summed E-state index contributed by atoms with van der Waals surface area (Å²) in [7, 11) is 0. The summed E-state index contributed by atoms with van der Waals surface area (Å²) in [6.07, 6.45) is 8.92. The van der Waals surface area contributed by atoms with Gasteiger partial charge in [0.15, 0.2) is 0 Å². The van der Waals surface area contributed by atoms with Gasteiger partial charge in [0.05, 0.1) is 0 Å². The van der Waals surface area contributed by atoms with Crippen LogP contribution in [0.3, 0.4) is 0 Å². The quantitative estimate of drug-likeness (QED) is 0.522. The minimum atomic E-state index is -0.147. The zero-order valence-electron chi connectivity index (χ0n) is 12.3. The van der Waals surface area contributed by atoms with Crippen LogP contribution in [0.4, 0.5) is 0 Å². The number of rotatable bonds is 3. The van der Waals surface area contributed by atoms with Gasteiger partial charge in [0.1, 0.15) is 0 Å². The molecular formula is C19H18N2O. The maximum atomic E-state index is 12.4. The van der Waals surface area contributed by atoms with Gasteiger partial charge in [-0.25, -0.2) is 5.43 Å². The first-order valence-electron chi connectivity index (χ1n) is 7.81. The van der Waals surface area contributed by atoms with Crippen molar-refractivity contribution in [1.29, 1.82) is 0 Å². The maximum absolute atomic E-state index is 12.4. The van der Waals surface area contributed by atoms with Crippen molar-refractivity contribution in [3.63, 3.8) is 0 Å². The summed E-state index contributed by atoms with van der Waals surface area (Å²) in [5, 5.41) is 6.22. The van der Waals surface area contributed by atoms with Gasteiger partial charge in [-0.15, -0.1) is 0 Å². The van der Waals surface area contributed by atoms with E-state index in [9.17, 15) is 4.79 Å². The number of nitrogens with zero attached hydrogens (tertiary/aromatic N) is 1. The Morgan fingerprint density at radius 3 is 2.77 bits per heavy atom.